The summed E-state index contributed by atoms with van der Waals surface area (Å²) >= 11 is 8.60. The zero-order valence-electron chi connectivity index (χ0n) is 9.99. The monoisotopic (exact) mass is 325 g/mol. The number of carbonyl (C=O) groups is 1. The average Bonchev–Trinajstić information content (AvgIpc) is 2.97. The van der Waals surface area contributed by atoms with Crippen molar-refractivity contribution in [3.05, 3.63) is 35.6 Å². The number of anilines is 1. The molecule has 0 fully saturated rings. The van der Waals surface area contributed by atoms with Crippen molar-refractivity contribution in [2.75, 3.05) is 11.1 Å². The summed E-state index contributed by atoms with van der Waals surface area (Å²) in [5.41, 5.74) is 0.682. The number of amides is 1. The van der Waals surface area contributed by atoms with Crippen molar-refractivity contribution in [3.63, 3.8) is 0 Å². The van der Waals surface area contributed by atoms with Gasteiger partial charge in [-0.25, -0.2) is 0 Å². The minimum atomic E-state index is -0.108. The number of rotatable bonds is 4. The summed E-state index contributed by atoms with van der Waals surface area (Å²) in [5, 5.41) is 15.2. The molecule has 9 heteroatoms. The third-order valence-electron chi connectivity index (χ3n) is 2.30. The van der Waals surface area contributed by atoms with Crippen LogP contribution in [0.3, 0.4) is 0 Å². The first-order valence-corrected chi connectivity index (χ1v) is 7.74. The molecule has 102 valence electrons. The van der Waals surface area contributed by atoms with Crippen LogP contribution in [-0.2, 0) is 4.79 Å². The van der Waals surface area contributed by atoms with Gasteiger partial charge < -0.3 is 5.32 Å². The Morgan fingerprint density at radius 2 is 2.40 bits per heavy atom. The molecule has 20 heavy (non-hydrogen) atoms. The molecular formula is C11H8ClN5OS2. The van der Waals surface area contributed by atoms with E-state index in [9.17, 15) is 4.79 Å². The highest BCUT2D eigenvalue weighted by atomic mass is 35.5. The molecule has 0 aliphatic heterocycles. The van der Waals surface area contributed by atoms with Crippen molar-refractivity contribution >= 4 is 51.3 Å². The van der Waals surface area contributed by atoms with Crippen LogP contribution in [0.5, 0.6) is 0 Å². The molecule has 1 aromatic carbocycles. The highest BCUT2D eigenvalue weighted by Crippen LogP contribution is 2.23. The maximum atomic E-state index is 11.8. The van der Waals surface area contributed by atoms with Gasteiger partial charge in [0.05, 0.1) is 5.75 Å². The zero-order valence-corrected chi connectivity index (χ0v) is 12.4. The van der Waals surface area contributed by atoms with Crippen molar-refractivity contribution in [2.24, 2.45) is 0 Å². The minimum Gasteiger partial charge on any atom is -0.325 e. The molecule has 0 spiro atoms. The molecule has 0 unspecified atom stereocenters. The summed E-state index contributed by atoms with van der Waals surface area (Å²) in [6.45, 7) is 0. The number of halogens is 1. The summed E-state index contributed by atoms with van der Waals surface area (Å²) in [6, 6.07) is 7.03. The van der Waals surface area contributed by atoms with Crippen LogP contribution in [0.4, 0.5) is 5.69 Å². The van der Waals surface area contributed by atoms with Gasteiger partial charge >= 0.3 is 0 Å². The maximum Gasteiger partial charge on any atom is 0.235 e. The Labute approximate surface area is 127 Å². The van der Waals surface area contributed by atoms with Gasteiger partial charge in [0.25, 0.3) is 0 Å². The summed E-state index contributed by atoms with van der Waals surface area (Å²) in [4.78, 5) is 12.5. The van der Waals surface area contributed by atoms with Crippen molar-refractivity contribution < 1.29 is 4.79 Å². The van der Waals surface area contributed by atoms with Crippen LogP contribution >= 0.6 is 34.7 Å². The van der Waals surface area contributed by atoms with Crippen LogP contribution in [0.2, 0.25) is 5.02 Å². The van der Waals surface area contributed by atoms with E-state index >= 15 is 0 Å². The summed E-state index contributed by atoms with van der Waals surface area (Å²) in [5.74, 6) is 0.166. The molecule has 2 aromatic heterocycles. The summed E-state index contributed by atoms with van der Waals surface area (Å²) in [7, 11) is 0. The summed E-state index contributed by atoms with van der Waals surface area (Å²) in [6.07, 6.45) is 1.53. The van der Waals surface area contributed by atoms with Crippen molar-refractivity contribution in [2.45, 2.75) is 4.34 Å². The zero-order chi connectivity index (χ0) is 13.9. The molecule has 1 amide bonds. The first-order chi connectivity index (χ1) is 9.70. The second-order valence-corrected chi connectivity index (χ2v) is 6.39. The highest BCUT2D eigenvalue weighted by molar-refractivity contribution is 8.01. The van der Waals surface area contributed by atoms with Gasteiger partial charge in [0, 0.05) is 10.7 Å². The number of hydrogen-bond acceptors (Lipinski definition) is 6. The van der Waals surface area contributed by atoms with E-state index in [0.29, 0.717) is 15.7 Å². The topological polar surface area (TPSA) is 72.2 Å². The van der Waals surface area contributed by atoms with E-state index in [1.807, 2.05) is 0 Å². The van der Waals surface area contributed by atoms with E-state index in [4.69, 9.17) is 11.6 Å². The standard InChI is InChI=1S/C11H8ClN5OS2/c12-7-2-1-3-8(4-7)14-9(18)5-19-11-16-17-6-13-15-10(17)20-11/h1-4,6H,5H2,(H,14,18). The molecule has 3 aromatic rings. The largest absolute Gasteiger partial charge is 0.325 e. The fourth-order valence-corrected chi connectivity index (χ4v) is 3.34. The lowest BCUT2D eigenvalue weighted by atomic mass is 10.3. The first-order valence-electron chi connectivity index (χ1n) is 5.56. The number of hydrogen-bond donors (Lipinski definition) is 1. The molecule has 0 saturated carbocycles. The fraction of sp³-hybridized carbons (Fsp3) is 0.0909. The van der Waals surface area contributed by atoms with Gasteiger partial charge in [-0.05, 0) is 18.2 Å². The van der Waals surface area contributed by atoms with Crippen LogP contribution < -0.4 is 5.32 Å². The molecule has 2 heterocycles. The second-order valence-electron chi connectivity index (χ2n) is 3.77. The normalized spacial score (nSPS) is 10.8. The quantitative estimate of drug-likeness (QED) is 0.746. The van der Waals surface area contributed by atoms with Gasteiger partial charge in [0.15, 0.2) is 4.34 Å². The summed E-state index contributed by atoms with van der Waals surface area (Å²) < 4.78 is 2.36. The van der Waals surface area contributed by atoms with Crippen molar-refractivity contribution in [1.82, 2.24) is 19.8 Å². The number of carbonyl (C=O) groups excluding carboxylic acids is 1. The number of aromatic nitrogens is 4. The van der Waals surface area contributed by atoms with Gasteiger partial charge in [0.1, 0.15) is 6.33 Å². The van der Waals surface area contributed by atoms with Gasteiger partial charge in [-0.3, -0.25) is 4.79 Å². The lowest BCUT2D eigenvalue weighted by Crippen LogP contribution is -2.13. The molecular weight excluding hydrogens is 318 g/mol. The number of thioether (sulfide) groups is 1. The minimum absolute atomic E-state index is 0.108. The van der Waals surface area contributed by atoms with Crippen LogP contribution in [-0.4, -0.2) is 31.5 Å². The van der Waals surface area contributed by atoms with Crippen LogP contribution in [0.25, 0.3) is 4.96 Å². The van der Waals surface area contributed by atoms with Gasteiger partial charge in [0.2, 0.25) is 10.9 Å². The Morgan fingerprint density at radius 1 is 1.50 bits per heavy atom. The van der Waals surface area contributed by atoms with Crippen molar-refractivity contribution in [1.29, 1.82) is 0 Å². The average molecular weight is 326 g/mol. The predicted octanol–water partition coefficient (Wildman–Crippen LogP) is 2.57. The van der Waals surface area contributed by atoms with E-state index in [1.165, 1.54) is 29.4 Å². The van der Waals surface area contributed by atoms with Crippen molar-refractivity contribution in [3.8, 4) is 0 Å². The number of nitrogens with zero attached hydrogens (tertiary/aromatic N) is 4. The predicted molar refractivity (Wildman–Crippen MR) is 79.5 cm³/mol. The van der Waals surface area contributed by atoms with E-state index in [0.717, 1.165) is 4.34 Å². The lowest BCUT2D eigenvalue weighted by Gasteiger charge is -2.04. The second kappa shape index (κ2) is 5.78. The van der Waals surface area contributed by atoms with E-state index in [-0.39, 0.29) is 11.7 Å². The van der Waals surface area contributed by atoms with E-state index in [1.54, 1.807) is 28.8 Å². The lowest BCUT2D eigenvalue weighted by molar-refractivity contribution is -0.113. The molecule has 0 saturated heterocycles. The van der Waals surface area contributed by atoms with Gasteiger partial charge in [-0.2, -0.15) is 4.52 Å². The maximum absolute atomic E-state index is 11.8. The van der Waals surface area contributed by atoms with E-state index in [2.05, 4.69) is 20.6 Å². The molecule has 1 N–H and O–H groups in total. The SMILES string of the molecule is O=C(CSc1nn2cnnc2s1)Nc1cccc(Cl)c1. The molecule has 0 radical (unpaired) electrons. The number of fused-ring (bicyclic) bond motifs is 1. The Morgan fingerprint density at radius 3 is 3.20 bits per heavy atom. The molecule has 0 aliphatic rings. The van der Waals surface area contributed by atoms with Gasteiger partial charge in [-0.1, -0.05) is 40.8 Å². The fourth-order valence-electron chi connectivity index (χ4n) is 1.49. The molecule has 6 nitrogen and oxygen atoms in total. The van der Waals surface area contributed by atoms with Crippen LogP contribution in [0, 0.1) is 0 Å². The molecule has 0 bridgehead atoms. The highest BCUT2D eigenvalue weighted by Gasteiger charge is 2.09. The Bertz CT molecular complexity index is 727. The Hall–Kier alpha value is -1.64. The first kappa shape index (κ1) is 13.3. The van der Waals surface area contributed by atoms with Gasteiger partial charge in [-0.15, -0.1) is 15.3 Å². The molecule has 3 rings (SSSR count). The smallest absolute Gasteiger partial charge is 0.235 e. The van der Waals surface area contributed by atoms with Crippen LogP contribution in [0.15, 0.2) is 34.9 Å². The third kappa shape index (κ3) is 3.09. The molecule has 0 aliphatic carbocycles. The Kier molecular flexibility index (Phi) is 3.86. The number of nitrogens with one attached hydrogen (secondary N) is 1. The third-order valence-corrected chi connectivity index (χ3v) is 4.58. The van der Waals surface area contributed by atoms with E-state index < -0.39 is 0 Å². The number of benzene rings is 1. The van der Waals surface area contributed by atoms with Crippen LogP contribution in [0.1, 0.15) is 0 Å². The molecule has 0 atom stereocenters. The Balaban J connectivity index is 1.58.